The van der Waals surface area contributed by atoms with Gasteiger partial charge in [-0.05, 0) is 48.0 Å². The first-order valence-electron chi connectivity index (χ1n) is 10.5. The summed E-state index contributed by atoms with van der Waals surface area (Å²) >= 11 is 0. The van der Waals surface area contributed by atoms with E-state index >= 15 is 0 Å². The van der Waals surface area contributed by atoms with Gasteiger partial charge in [-0.25, -0.2) is 0 Å². The minimum atomic E-state index is -0.354. The van der Waals surface area contributed by atoms with Gasteiger partial charge in [-0.3, -0.25) is 24.1 Å². The molecule has 34 heavy (non-hydrogen) atoms. The van der Waals surface area contributed by atoms with E-state index in [1.807, 2.05) is 0 Å². The van der Waals surface area contributed by atoms with Gasteiger partial charge >= 0.3 is 0 Å². The lowest BCUT2D eigenvalue weighted by atomic mass is 10.1. The summed E-state index contributed by atoms with van der Waals surface area (Å²) in [5.41, 5.74) is 3.08. The summed E-state index contributed by atoms with van der Waals surface area (Å²) in [4.78, 5) is 52.7. The van der Waals surface area contributed by atoms with E-state index in [-0.39, 0.29) is 36.7 Å². The van der Waals surface area contributed by atoms with Gasteiger partial charge in [0.05, 0.1) is 24.2 Å². The molecule has 7 nitrogen and oxygen atoms in total. The average Bonchev–Trinajstić information content (AvgIpc) is 3.09. The Kier molecular flexibility index (Phi) is 6.24. The maximum Gasteiger partial charge on any atom is 0.261 e. The highest BCUT2D eigenvalue weighted by Crippen LogP contribution is 2.24. The maximum absolute atomic E-state index is 12.7. The van der Waals surface area contributed by atoms with Crippen molar-refractivity contribution >= 4 is 29.3 Å². The molecular formula is C27H21N3O4. The molecule has 1 aliphatic rings. The zero-order valence-electron chi connectivity index (χ0n) is 18.4. The number of nitrogens with one attached hydrogen (secondary N) is 1. The van der Waals surface area contributed by atoms with Crippen LogP contribution in [0.2, 0.25) is 0 Å². The lowest BCUT2D eigenvalue weighted by molar-refractivity contribution is -0.116. The van der Waals surface area contributed by atoms with Crippen LogP contribution in [-0.2, 0) is 11.3 Å². The fourth-order valence-electron chi connectivity index (χ4n) is 3.71. The van der Waals surface area contributed by atoms with Crippen molar-refractivity contribution in [3.63, 3.8) is 0 Å². The van der Waals surface area contributed by atoms with Crippen LogP contribution in [0.25, 0.3) is 0 Å². The number of anilines is 1. The molecule has 0 fully saturated rings. The number of likely N-dealkylation sites (N-methyl/N-ethyl adjacent to an activating group) is 1. The van der Waals surface area contributed by atoms with Crippen molar-refractivity contribution in [2.75, 3.05) is 18.9 Å². The first kappa shape index (κ1) is 22.5. The van der Waals surface area contributed by atoms with Gasteiger partial charge < -0.3 is 10.2 Å². The molecule has 3 aromatic carbocycles. The third-order valence-electron chi connectivity index (χ3n) is 5.46. The number of rotatable bonds is 6. The Labute approximate surface area is 197 Å². The molecule has 4 amide bonds. The summed E-state index contributed by atoms with van der Waals surface area (Å²) in [7, 11) is 1.53. The number of imide groups is 1. The molecular weight excluding hydrogens is 430 g/mol. The molecule has 0 spiro atoms. The third kappa shape index (κ3) is 4.57. The van der Waals surface area contributed by atoms with E-state index in [2.05, 4.69) is 11.2 Å². The first-order valence-corrected chi connectivity index (χ1v) is 10.5. The second kappa shape index (κ2) is 9.43. The van der Waals surface area contributed by atoms with E-state index < -0.39 is 0 Å². The Balaban J connectivity index is 1.36. The van der Waals surface area contributed by atoms with Crippen molar-refractivity contribution < 1.29 is 19.2 Å². The summed E-state index contributed by atoms with van der Waals surface area (Å²) in [6, 6.07) is 20.2. The Morgan fingerprint density at radius 3 is 2.21 bits per heavy atom. The van der Waals surface area contributed by atoms with Crippen molar-refractivity contribution in [3.8, 4) is 12.3 Å². The largest absolute Gasteiger partial charge is 0.332 e. The zero-order valence-corrected chi connectivity index (χ0v) is 18.4. The van der Waals surface area contributed by atoms with E-state index in [1.165, 1.54) is 16.8 Å². The highest BCUT2D eigenvalue weighted by Gasteiger charge is 2.34. The molecule has 7 heteroatoms. The average molecular weight is 451 g/mol. The quantitative estimate of drug-likeness (QED) is 0.461. The number of hydrogen-bond donors (Lipinski definition) is 1. The van der Waals surface area contributed by atoms with E-state index in [0.717, 1.165) is 0 Å². The van der Waals surface area contributed by atoms with Crippen LogP contribution in [0.1, 0.15) is 42.2 Å². The molecule has 0 unspecified atom stereocenters. The molecule has 1 aliphatic heterocycles. The smallest absolute Gasteiger partial charge is 0.261 e. The lowest BCUT2D eigenvalue weighted by Crippen LogP contribution is -2.35. The Bertz CT molecular complexity index is 1300. The van der Waals surface area contributed by atoms with Crippen molar-refractivity contribution in [2.24, 2.45) is 0 Å². The van der Waals surface area contributed by atoms with Gasteiger partial charge in [-0.1, -0.05) is 36.3 Å². The predicted molar refractivity (Wildman–Crippen MR) is 127 cm³/mol. The number of hydrogen-bond acceptors (Lipinski definition) is 4. The second-order valence-electron chi connectivity index (χ2n) is 7.87. The summed E-state index contributed by atoms with van der Waals surface area (Å²) < 4.78 is 0. The Hall–Kier alpha value is -4.70. The van der Waals surface area contributed by atoms with Crippen LogP contribution in [0, 0.1) is 12.3 Å². The van der Waals surface area contributed by atoms with Crippen molar-refractivity contribution in [1.29, 1.82) is 0 Å². The maximum atomic E-state index is 12.7. The summed E-state index contributed by atoms with van der Waals surface area (Å²) in [5, 5.41) is 2.72. The summed E-state index contributed by atoms with van der Waals surface area (Å²) in [5.74, 6) is 1.15. The third-order valence-corrected chi connectivity index (χ3v) is 5.46. The van der Waals surface area contributed by atoms with Gasteiger partial charge in [0.2, 0.25) is 5.91 Å². The van der Waals surface area contributed by atoms with Crippen LogP contribution in [0.3, 0.4) is 0 Å². The minimum absolute atomic E-state index is 0.107. The number of benzene rings is 3. The molecule has 0 radical (unpaired) electrons. The monoisotopic (exact) mass is 451 g/mol. The standard InChI is InChI=1S/C27H21N3O4/c1-3-18-7-6-8-21(15-18)28-24(31)17-29(2)25(32)20-13-11-19(12-14-20)16-30-26(33)22-9-4-5-10-23(22)27(30)34/h1,4-15H,16-17H2,2H3,(H,28,31). The van der Waals surface area contributed by atoms with Crippen LogP contribution < -0.4 is 5.32 Å². The fourth-order valence-corrected chi connectivity index (χ4v) is 3.71. The van der Waals surface area contributed by atoms with Crippen LogP contribution in [0.4, 0.5) is 5.69 Å². The highest BCUT2D eigenvalue weighted by atomic mass is 16.2. The van der Waals surface area contributed by atoms with Gasteiger partial charge in [0.1, 0.15) is 0 Å². The molecule has 0 atom stereocenters. The van der Waals surface area contributed by atoms with Crippen LogP contribution >= 0.6 is 0 Å². The number of terminal acetylenes is 1. The number of nitrogens with zero attached hydrogens (tertiary/aromatic N) is 2. The van der Waals surface area contributed by atoms with Gasteiger partial charge in [-0.15, -0.1) is 6.42 Å². The van der Waals surface area contributed by atoms with Crippen LogP contribution in [-0.4, -0.2) is 47.0 Å². The number of amides is 4. The van der Waals surface area contributed by atoms with Gasteiger partial charge in [0.25, 0.3) is 17.7 Å². The van der Waals surface area contributed by atoms with Gasteiger partial charge in [0, 0.05) is 23.9 Å². The predicted octanol–water partition coefficient (Wildman–Crippen LogP) is 3.17. The molecule has 168 valence electrons. The van der Waals surface area contributed by atoms with Gasteiger partial charge in [0.15, 0.2) is 0 Å². The molecule has 0 saturated carbocycles. The topological polar surface area (TPSA) is 86.8 Å². The zero-order chi connectivity index (χ0) is 24.2. The Morgan fingerprint density at radius 2 is 1.59 bits per heavy atom. The molecule has 1 heterocycles. The summed E-state index contributed by atoms with van der Waals surface area (Å²) in [6.45, 7) is -0.0360. The Morgan fingerprint density at radius 1 is 0.941 bits per heavy atom. The molecule has 1 N–H and O–H groups in total. The molecule has 0 saturated heterocycles. The summed E-state index contributed by atoms with van der Waals surface area (Å²) in [6.07, 6.45) is 5.37. The molecule has 4 rings (SSSR count). The SMILES string of the molecule is C#Cc1cccc(NC(=O)CN(C)C(=O)c2ccc(CN3C(=O)c4ccccc4C3=O)cc2)c1. The fraction of sp³-hybridized carbons (Fsp3) is 0.111. The molecule has 0 aromatic heterocycles. The number of carbonyl (C=O) groups excluding carboxylic acids is 4. The van der Waals surface area contributed by atoms with Crippen LogP contribution in [0.5, 0.6) is 0 Å². The van der Waals surface area contributed by atoms with E-state index in [1.54, 1.807) is 72.8 Å². The molecule has 0 aliphatic carbocycles. The number of carbonyl (C=O) groups is 4. The molecule has 3 aromatic rings. The highest BCUT2D eigenvalue weighted by molar-refractivity contribution is 6.21. The van der Waals surface area contributed by atoms with E-state index in [9.17, 15) is 19.2 Å². The molecule has 0 bridgehead atoms. The van der Waals surface area contributed by atoms with Crippen molar-refractivity contribution in [3.05, 3.63) is 101 Å². The van der Waals surface area contributed by atoms with Crippen molar-refractivity contribution in [2.45, 2.75) is 6.54 Å². The number of fused-ring (bicyclic) bond motifs is 1. The second-order valence-corrected chi connectivity index (χ2v) is 7.87. The van der Waals surface area contributed by atoms with Crippen LogP contribution in [0.15, 0.2) is 72.8 Å². The first-order chi connectivity index (χ1) is 16.4. The van der Waals surface area contributed by atoms with Gasteiger partial charge in [-0.2, -0.15) is 0 Å². The van der Waals surface area contributed by atoms with Crippen molar-refractivity contribution in [1.82, 2.24) is 9.80 Å². The lowest BCUT2D eigenvalue weighted by Gasteiger charge is -2.18. The minimum Gasteiger partial charge on any atom is -0.332 e. The van der Waals surface area contributed by atoms with E-state index in [4.69, 9.17) is 6.42 Å². The normalized spacial score (nSPS) is 12.2. The van der Waals surface area contributed by atoms with E-state index in [0.29, 0.717) is 33.5 Å².